The standard InChI is InChI=1S/Al.O.Si.W. The van der Waals surface area contributed by atoms with Gasteiger partial charge in [0.2, 0.25) is 0 Å². The van der Waals surface area contributed by atoms with Crippen LogP contribution >= 0.6 is 0 Å². The Balaban J connectivity index is -0.00000000500. The van der Waals surface area contributed by atoms with Crippen LogP contribution in [0.25, 0.3) is 0 Å². The van der Waals surface area contributed by atoms with Crippen molar-refractivity contribution in [2.75, 3.05) is 0 Å². The van der Waals surface area contributed by atoms with Crippen molar-refractivity contribution in [1.29, 1.82) is 0 Å². The summed E-state index contributed by atoms with van der Waals surface area (Å²) in [6.45, 7) is 0. The normalized spacial score (nSPS) is 1.00. The average Bonchev–Trinajstić information content (AvgIpc) is 1.00. The number of rotatable bonds is 0. The van der Waals surface area contributed by atoms with Crippen LogP contribution in [0.15, 0.2) is 0 Å². The van der Waals surface area contributed by atoms with Gasteiger partial charge in [-0.3, -0.25) is 0 Å². The maximum atomic E-state index is 8.33. The first-order chi connectivity index (χ1) is 1.00. The van der Waals surface area contributed by atoms with Gasteiger partial charge in [0.1, 0.15) is 0 Å². The maximum Gasteiger partial charge on any atom is 0 e. The van der Waals surface area contributed by atoms with E-state index in [4.69, 9.17) is 3.40 Å². The Kier molecular flexibility index (Phi) is 136. The molecule has 0 bridgehead atoms. The molecule has 0 heterocycles. The van der Waals surface area contributed by atoms with E-state index in [9.17, 15) is 0 Å². The molecule has 0 unspecified atom stereocenters. The Labute approximate surface area is 51.5 Å². The van der Waals surface area contributed by atoms with Gasteiger partial charge in [0.25, 0.3) is 0 Å². The summed E-state index contributed by atoms with van der Waals surface area (Å²) >= 11 is 0.333. The van der Waals surface area contributed by atoms with Crippen molar-refractivity contribution in [1.82, 2.24) is 0 Å². The third-order valence-corrected chi connectivity index (χ3v) is 0. The van der Waals surface area contributed by atoms with E-state index in [0.717, 1.165) is 0 Å². The third kappa shape index (κ3) is 10.6. The van der Waals surface area contributed by atoms with Crippen molar-refractivity contribution in [3.63, 3.8) is 0 Å². The van der Waals surface area contributed by atoms with Crippen molar-refractivity contribution < 1.29 is 23.2 Å². The zero-order chi connectivity index (χ0) is 2.00. The summed E-state index contributed by atoms with van der Waals surface area (Å²) in [5.41, 5.74) is 0. The largest absolute Gasteiger partial charge is 0 e. The smallest absolute Gasteiger partial charge is 0 e. The molecular formula is AlOSiW. The topological polar surface area (TPSA) is 17.1 Å². The SMILES string of the molecule is [Al].[O]=[W].[Si]. The van der Waals surface area contributed by atoms with Gasteiger partial charge in [-0.15, -0.1) is 0 Å². The second kappa shape index (κ2) is 29.0. The summed E-state index contributed by atoms with van der Waals surface area (Å²) in [6.07, 6.45) is 0. The fourth-order valence-corrected chi connectivity index (χ4v) is 0. The molecule has 0 rings (SSSR count). The van der Waals surface area contributed by atoms with Gasteiger partial charge < -0.3 is 0 Å². The second-order valence-corrected chi connectivity index (χ2v) is 0. The molecule has 0 aromatic carbocycles. The van der Waals surface area contributed by atoms with Crippen molar-refractivity contribution in [3.05, 3.63) is 0 Å². The van der Waals surface area contributed by atoms with Crippen LogP contribution in [0.5, 0.6) is 0 Å². The van der Waals surface area contributed by atoms with Crippen molar-refractivity contribution in [3.8, 4) is 0 Å². The molecule has 0 aliphatic heterocycles. The molecule has 0 fully saturated rings. The Morgan fingerprint density at radius 3 is 1.25 bits per heavy atom. The molecule has 0 saturated heterocycles. The van der Waals surface area contributed by atoms with Crippen LogP contribution in [-0.4, -0.2) is 28.3 Å². The van der Waals surface area contributed by atoms with Crippen LogP contribution in [0.2, 0.25) is 0 Å². The summed E-state index contributed by atoms with van der Waals surface area (Å²) in [5, 5.41) is 0. The third-order valence-electron chi connectivity index (χ3n) is 0. The van der Waals surface area contributed by atoms with E-state index >= 15 is 0 Å². The fraction of sp³-hybridized carbons (Fsp3) is 0. The molecule has 0 atom stereocenters. The van der Waals surface area contributed by atoms with Crippen LogP contribution in [0, 0.1) is 0 Å². The van der Waals surface area contributed by atoms with Crippen LogP contribution in [0.4, 0.5) is 0 Å². The monoisotopic (exact) mass is 255 g/mol. The average molecular weight is 255 g/mol. The van der Waals surface area contributed by atoms with E-state index in [1.54, 1.807) is 0 Å². The van der Waals surface area contributed by atoms with Gasteiger partial charge in [0.15, 0.2) is 0 Å². The minimum absolute atomic E-state index is 0. The zero-order valence-electron chi connectivity index (χ0n) is 1.89. The number of hydrogen-bond donors (Lipinski definition) is 0. The molecule has 4 heavy (non-hydrogen) atoms. The molecule has 7 radical (unpaired) electrons. The van der Waals surface area contributed by atoms with Crippen LogP contribution in [-0.2, 0) is 23.2 Å². The summed E-state index contributed by atoms with van der Waals surface area (Å²) in [5.74, 6) is 0. The van der Waals surface area contributed by atoms with Crippen molar-refractivity contribution in [2.24, 2.45) is 0 Å². The Hall–Kier alpha value is 1.24. The van der Waals surface area contributed by atoms with Gasteiger partial charge in [0.05, 0.1) is 0 Å². The molecule has 0 amide bonds. The van der Waals surface area contributed by atoms with Gasteiger partial charge >= 0.3 is 23.2 Å². The number of hydrogen-bond acceptors (Lipinski definition) is 1. The first-order valence-electron chi connectivity index (χ1n) is 0.167. The van der Waals surface area contributed by atoms with Crippen LogP contribution in [0.1, 0.15) is 0 Å². The van der Waals surface area contributed by atoms with Crippen molar-refractivity contribution in [2.45, 2.75) is 0 Å². The van der Waals surface area contributed by atoms with Gasteiger partial charge in [0, 0.05) is 28.3 Å². The predicted octanol–water partition coefficient (Wildman–Crippen LogP) is -0.883. The van der Waals surface area contributed by atoms with Crippen LogP contribution in [0.3, 0.4) is 0 Å². The van der Waals surface area contributed by atoms with Gasteiger partial charge in [-0.05, 0) is 0 Å². The van der Waals surface area contributed by atoms with E-state index in [1.165, 1.54) is 0 Å². The fourth-order valence-electron chi connectivity index (χ4n) is 0. The summed E-state index contributed by atoms with van der Waals surface area (Å²) in [4.78, 5) is 0. The van der Waals surface area contributed by atoms with E-state index in [-0.39, 0.29) is 28.3 Å². The predicted molar refractivity (Wildman–Crippen MR) is 12.2 cm³/mol. The Morgan fingerprint density at radius 2 is 1.25 bits per heavy atom. The molecule has 4 heteroatoms. The zero-order valence-corrected chi connectivity index (χ0v) is 6.98. The minimum atomic E-state index is 0. The molecule has 0 saturated carbocycles. The summed E-state index contributed by atoms with van der Waals surface area (Å²) in [7, 11) is 0. The first-order valence-corrected chi connectivity index (χ1v) is 1.36. The summed E-state index contributed by atoms with van der Waals surface area (Å²) in [6, 6.07) is 0. The van der Waals surface area contributed by atoms with E-state index < -0.39 is 0 Å². The molecule has 19 valence electrons. The molecule has 0 N–H and O–H groups in total. The molecule has 0 aliphatic carbocycles. The molecular weight excluding hydrogens is 255 g/mol. The molecule has 0 aromatic heterocycles. The second-order valence-electron chi connectivity index (χ2n) is 0. The van der Waals surface area contributed by atoms with Crippen molar-refractivity contribution >= 4 is 28.3 Å². The van der Waals surface area contributed by atoms with Gasteiger partial charge in [-0.1, -0.05) is 0 Å². The quantitative estimate of drug-likeness (QED) is 0.513. The van der Waals surface area contributed by atoms with Gasteiger partial charge in [-0.2, -0.15) is 0 Å². The molecule has 1 nitrogen and oxygen atoms in total. The molecule has 0 aliphatic rings. The Bertz CT molecular complexity index is 8.00. The van der Waals surface area contributed by atoms with E-state index in [2.05, 4.69) is 0 Å². The van der Waals surface area contributed by atoms with Crippen LogP contribution < -0.4 is 0 Å². The molecule has 0 aromatic rings. The van der Waals surface area contributed by atoms with E-state index in [1.807, 2.05) is 0 Å². The van der Waals surface area contributed by atoms with Gasteiger partial charge in [-0.25, -0.2) is 0 Å². The Morgan fingerprint density at radius 1 is 1.25 bits per heavy atom. The molecule has 0 spiro atoms. The minimum Gasteiger partial charge on any atom is 0 e. The van der Waals surface area contributed by atoms with E-state index in [0.29, 0.717) is 19.8 Å². The summed E-state index contributed by atoms with van der Waals surface area (Å²) < 4.78 is 8.33. The maximum absolute atomic E-state index is 8.33. The first kappa shape index (κ1) is 18.8.